The molecule has 0 N–H and O–H groups in total. The molecule has 0 bridgehead atoms. The second-order valence-electron chi connectivity index (χ2n) is 13.7. The summed E-state index contributed by atoms with van der Waals surface area (Å²) in [5, 5.41) is 0. The van der Waals surface area contributed by atoms with Gasteiger partial charge in [-0.05, 0) is 132 Å². The van der Waals surface area contributed by atoms with Crippen molar-refractivity contribution >= 4 is 11.6 Å². The van der Waals surface area contributed by atoms with Crippen molar-refractivity contribution in [3.05, 3.63) is 164 Å². The monoisotopic (exact) mass is 590 g/mol. The van der Waals surface area contributed by atoms with Crippen LogP contribution < -0.4 is 0 Å². The van der Waals surface area contributed by atoms with Crippen LogP contribution in [0.2, 0.25) is 0 Å². The highest BCUT2D eigenvalue weighted by molar-refractivity contribution is 5.68. The molecule has 3 aliphatic carbocycles. The third-order valence-electron chi connectivity index (χ3n) is 10.5. The first-order chi connectivity index (χ1) is 21.8. The van der Waals surface area contributed by atoms with Crippen LogP contribution in [0.25, 0.3) is 11.6 Å². The highest BCUT2D eigenvalue weighted by Gasteiger charge is 2.41. The Hall–Kier alpha value is -3.90. The molecule has 0 heteroatoms. The molecule has 0 aliphatic heterocycles. The summed E-state index contributed by atoms with van der Waals surface area (Å²) in [6.07, 6.45) is 14.9. The molecule has 1 saturated carbocycles. The quantitative estimate of drug-likeness (QED) is 0.220. The fourth-order valence-electron chi connectivity index (χ4n) is 8.16. The molecular weight excluding hydrogens is 540 g/mol. The zero-order valence-corrected chi connectivity index (χ0v) is 28.1. The number of aryl methyl sites for hydroxylation is 5. The molecule has 45 heavy (non-hydrogen) atoms. The van der Waals surface area contributed by atoms with E-state index in [-0.39, 0.29) is 0 Å². The van der Waals surface area contributed by atoms with Crippen LogP contribution in [0.1, 0.15) is 104 Å². The van der Waals surface area contributed by atoms with Crippen molar-refractivity contribution in [1.82, 2.24) is 0 Å². The zero-order valence-electron chi connectivity index (χ0n) is 28.1. The minimum absolute atomic E-state index is 0.298. The second kappa shape index (κ2) is 13.2. The molecule has 0 nitrogen and oxygen atoms in total. The summed E-state index contributed by atoms with van der Waals surface area (Å²) in [5.74, 6) is 0.607. The van der Waals surface area contributed by atoms with E-state index >= 15 is 0 Å². The van der Waals surface area contributed by atoms with Gasteiger partial charge >= 0.3 is 0 Å². The standard InChI is InChI=1S/C45H50/c1-8-11-30(5)43-31(6)24-42-28-41(32(7)44(42)45(43)40-23-22-37-12-10-13-39(37)27-40)26-34-17-21-38(35(9-2)25-34)20-16-33-14-18-36(19-15-33)29(3)4/h14-15,17-19,21-27,44-45H,3,5,7-13,16,20,28H2,1-2,4,6H3/b41-26+. The molecule has 2 atom stereocenters. The fourth-order valence-corrected chi connectivity index (χ4v) is 8.16. The maximum absolute atomic E-state index is 4.80. The second-order valence-corrected chi connectivity index (χ2v) is 13.7. The van der Waals surface area contributed by atoms with Crippen molar-refractivity contribution < 1.29 is 0 Å². The average Bonchev–Trinajstić information content (AvgIpc) is 3.63. The molecule has 3 aromatic rings. The Balaban J connectivity index is 1.27. The first-order valence-corrected chi connectivity index (χ1v) is 17.2. The number of fused-ring (bicyclic) bond motifs is 2. The average molecular weight is 591 g/mol. The first-order valence-electron chi connectivity index (χ1n) is 17.2. The van der Waals surface area contributed by atoms with Crippen LogP contribution in [0.5, 0.6) is 0 Å². The summed E-state index contributed by atoms with van der Waals surface area (Å²) in [7, 11) is 0. The Kier molecular flexibility index (Phi) is 9.14. The van der Waals surface area contributed by atoms with Crippen molar-refractivity contribution in [2.24, 2.45) is 5.92 Å². The molecular formula is C45H50. The van der Waals surface area contributed by atoms with Gasteiger partial charge in [0.1, 0.15) is 0 Å². The molecule has 0 spiro atoms. The lowest BCUT2D eigenvalue weighted by molar-refractivity contribution is 0.619. The highest BCUT2D eigenvalue weighted by Crippen LogP contribution is 2.55. The van der Waals surface area contributed by atoms with Crippen LogP contribution in [0, 0.1) is 5.92 Å². The van der Waals surface area contributed by atoms with Gasteiger partial charge in [-0.2, -0.15) is 0 Å². The molecule has 0 radical (unpaired) electrons. The van der Waals surface area contributed by atoms with Gasteiger partial charge in [-0.15, -0.1) is 0 Å². The predicted molar refractivity (Wildman–Crippen MR) is 196 cm³/mol. The number of benzene rings is 3. The third-order valence-corrected chi connectivity index (χ3v) is 10.5. The van der Waals surface area contributed by atoms with Gasteiger partial charge in [-0.3, -0.25) is 0 Å². The van der Waals surface area contributed by atoms with Crippen molar-refractivity contribution in [1.29, 1.82) is 0 Å². The SMILES string of the molecule is C=C(CCC)C1=C(C)C=C2C/C(=C\c3ccc(CCc4ccc(C(=C)C)cc4)c(CC)c3)C(=C)C2C1c1ccc2c(c1)CCC2. The minimum Gasteiger partial charge on any atom is -0.0955 e. The molecule has 2 unspecified atom stereocenters. The molecule has 0 aromatic heterocycles. The maximum atomic E-state index is 4.80. The van der Waals surface area contributed by atoms with E-state index in [1.165, 1.54) is 86.1 Å². The maximum Gasteiger partial charge on any atom is 0.0201 e. The van der Waals surface area contributed by atoms with Crippen LogP contribution in [0.3, 0.4) is 0 Å². The van der Waals surface area contributed by atoms with E-state index < -0.39 is 0 Å². The van der Waals surface area contributed by atoms with E-state index in [2.05, 4.69) is 114 Å². The lowest BCUT2D eigenvalue weighted by atomic mass is 9.69. The summed E-state index contributed by atoms with van der Waals surface area (Å²) >= 11 is 0. The molecule has 0 saturated heterocycles. The van der Waals surface area contributed by atoms with E-state index in [4.69, 9.17) is 6.58 Å². The Labute approximate surface area is 272 Å². The van der Waals surface area contributed by atoms with E-state index in [0.717, 1.165) is 44.1 Å². The summed E-state index contributed by atoms with van der Waals surface area (Å²) in [5.41, 5.74) is 20.8. The smallest absolute Gasteiger partial charge is 0.0201 e. The van der Waals surface area contributed by atoms with E-state index in [1.54, 1.807) is 11.1 Å². The molecule has 1 fully saturated rings. The van der Waals surface area contributed by atoms with Crippen LogP contribution in [-0.4, -0.2) is 0 Å². The van der Waals surface area contributed by atoms with Gasteiger partial charge in [0.15, 0.2) is 0 Å². The van der Waals surface area contributed by atoms with Crippen molar-refractivity contribution in [2.45, 2.75) is 91.4 Å². The van der Waals surface area contributed by atoms with Gasteiger partial charge in [0.2, 0.25) is 0 Å². The van der Waals surface area contributed by atoms with Gasteiger partial charge in [0, 0.05) is 11.8 Å². The Morgan fingerprint density at radius 3 is 2.38 bits per heavy atom. The fraction of sp³-hybridized carbons (Fsp3) is 0.333. The highest BCUT2D eigenvalue weighted by atomic mass is 14.4. The van der Waals surface area contributed by atoms with E-state index in [0.29, 0.717) is 11.8 Å². The molecule has 6 rings (SSSR count). The molecule has 230 valence electrons. The topological polar surface area (TPSA) is 0 Å². The Bertz CT molecular complexity index is 1750. The van der Waals surface area contributed by atoms with E-state index in [1.807, 2.05) is 0 Å². The number of hydrogen-bond donors (Lipinski definition) is 0. The van der Waals surface area contributed by atoms with Crippen LogP contribution in [0.15, 0.2) is 120 Å². The largest absolute Gasteiger partial charge is 0.0955 e. The first kappa shape index (κ1) is 31.1. The summed E-state index contributed by atoms with van der Waals surface area (Å²) in [6.45, 7) is 22.4. The molecule has 0 amide bonds. The summed E-state index contributed by atoms with van der Waals surface area (Å²) in [4.78, 5) is 0. The van der Waals surface area contributed by atoms with Gasteiger partial charge in [-0.1, -0.05) is 130 Å². The van der Waals surface area contributed by atoms with Crippen molar-refractivity contribution in [2.75, 3.05) is 0 Å². The normalized spacial score (nSPS) is 20.0. The van der Waals surface area contributed by atoms with Gasteiger partial charge < -0.3 is 0 Å². The molecule has 3 aromatic carbocycles. The number of hydrogen-bond acceptors (Lipinski definition) is 0. The predicted octanol–water partition coefficient (Wildman–Crippen LogP) is 11.9. The Morgan fingerprint density at radius 2 is 1.64 bits per heavy atom. The Morgan fingerprint density at radius 1 is 0.867 bits per heavy atom. The van der Waals surface area contributed by atoms with Gasteiger partial charge in [-0.25, -0.2) is 0 Å². The van der Waals surface area contributed by atoms with Gasteiger partial charge in [0.05, 0.1) is 0 Å². The number of rotatable bonds is 10. The lowest BCUT2D eigenvalue weighted by Crippen LogP contribution is -2.21. The van der Waals surface area contributed by atoms with Crippen molar-refractivity contribution in [3.63, 3.8) is 0 Å². The van der Waals surface area contributed by atoms with Crippen LogP contribution >= 0.6 is 0 Å². The summed E-state index contributed by atoms with van der Waals surface area (Å²) in [6, 6.07) is 23.4. The molecule has 3 aliphatic rings. The number of allylic oxidation sites excluding steroid dienone is 8. The zero-order chi connectivity index (χ0) is 31.7. The van der Waals surface area contributed by atoms with Gasteiger partial charge in [0.25, 0.3) is 0 Å². The minimum atomic E-state index is 0.298. The third kappa shape index (κ3) is 6.30. The van der Waals surface area contributed by atoms with Crippen LogP contribution in [-0.2, 0) is 32.1 Å². The van der Waals surface area contributed by atoms with Crippen molar-refractivity contribution in [3.8, 4) is 0 Å². The lowest BCUT2D eigenvalue weighted by Gasteiger charge is -2.35. The summed E-state index contributed by atoms with van der Waals surface area (Å²) < 4.78 is 0. The van der Waals surface area contributed by atoms with E-state index in [9.17, 15) is 0 Å². The van der Waals surface area contributed by atoms with Crippen LogP contribution in [0.4, 0.5) is 0 Å². The molecule has 0 heterocycles.